The second-order valence-corrected chi connectivity index (χ2v) is 8.08. The number of rotatable bonds is 6. The van der Waals surface area contributed by atoms with E-state index in [4.69, 9.17) is 0 Å². The molecule has 0 aromatic heterocycles. The van der Waals surface area contributed by atoms with Gasteiger partial charge in [0.25, 0.3) is 0 Å². The number of nitrogens with zero attached hydrogens (tertiary/aromatic N) is 1. The number of hydrogen-bond donors (Lipinski definition) is 2. The van der Waals surface area contributed by atoms with E-state index in [1.165, 1.54) is 10.5 Å². The fourth-order valence-corrected chi connectivity index (χ4v) is 4.17. The number of urea groups is 1. The zero-order valence-electron chi connectivity index (χ0n) is 16.2. The summed E-state index contributed by atoms with van der Waals surface area (Å²) in [5.74, 6) is 0.556. The molecule has 0 aliphatic carbocycles. The molecule has 0 spiro atoms. The molecule has 4 nitrogen and oxygen atoms in total. The second kappa shape index (κ2) is 9.81. The molecule has 2 aromatic carbocycles. The predicted molar refractivity (Wildman–Crippen MR) is 114 cm³/mol. The minimum absolute atomic E-state index is 0.114. The van der Waals surface area contributed by atoms with Crippen LogP contribution in [-0.4, -0.2) is 36.8 Å². The molecular formula is C22H29N3OS. The molecule has 3 rings (SSSR count). The highest BCUT2D eigenvalue weighted by atomic mass is 32.2. The Bertz CT molecular complexity index is 757. The van der Waals surface area contributed by atoms with E-state index in [0.29, 0.717) is 5.92 Å². The third-order valence-corrected chi connectivity index (χ3v) is 5.96. The van der Waals surface area contributed by atoms with E-state index in [0.717, 1.165) is 50.3 Å². The van der Waals surface area contributed by atoms with Crippen LogP contribution in [0.5, 0.6) is 0 Å². The van der Waals surface area contributed by atoms with Gasteiger partial charge < -0.3 is 10.6 Å². The summed E-state index contributed by atoms with van der Waals surface area (Å²) in [5, 5.41) is 5.94. The van der Waals surface area contributed by atoms with Crippen LogP contribution in [-0.2, 0) is 6.54 Å². The molecule has 2 aromatic rings. The average Bonchev–Trinajstić information content (AvgIpc) is 2.68. The maximum Gasteiger partial charge on any atom is 0.319 e. The van der Waals surface area contributed by atoms with E-state index in [1.807, 2.05) is 43.0 Å². The van der Waals surface area contributed by atoms with Crippen molar-refractivity contribution in [2.24, 2.45) is 5.92 Å². The Labute approximate surface area is 166 Å². The molecule has 1 saturated heterocycles. The monoisotopic (exact) mass is 383 g/mol. The zero-order chi connectivity index (χ0) is 19.1. The number of carbonyl (C=O) groups is 1. The van der Waals surface area contributed by atoms with Gasteiger partial charge in [0.2, 0.25) is 0 Å². The molecule has 1 aliphatic rings. The van der Waals surface area contributed by atoms with Crippen LogP contribution in [0.15, 0.2) is 53.4 Å². The van der Waals surface area contributed by atoms with Gasteiger partial charge in [0, 0.05) is 23.7 Å². The molecule has 2 amide bonds. The van der Waals surface area contributed by atoms with Crippen molar-refractivity contribution in [2.45, 2.75) is 31.2 Å². The first-order chi connectivity index (χ1) is 13.1. The normalized spacial score (nSPS) is 15.5. The summed E-state index contributed by atoms with van der Waals surface area (Å²) in [5.41, 5.74) is 3.40. The lowest BCUT2D eigenvalue weighted by molar-refractivity contribution is 0.175. The SMILES string of the molecule is CSc1ccccc1CN1CCC(CNC(=O)Nc2cccc(C)c2)CC1. The molecule has 0 bridgehead atoms. The van der Waals surface area contributed by atoms with E-state index in [9.17, 15) is 4.79 Å². The van der Waals surface area contributed by atoms with Crippen molar-refractivity contribution in [3.63, 3.8) is 0 Å². The number of likely N-dealkylation sites (tertiary alicyclic amines) is 1. The molecule has 27 heavy (non-hydrogen) atoms. The van der Waals surface area contributed by atoms with Crippen LogP contribution in [0.4, 0.5) is 10.5 Å². The lowest BCUT2D eigenvalue weighted by atomic mass is 9.96. The molecule has 0 radical (unpaired) electrons. The largest absolute Gasteiger partial charge is 0.338 e. The summed E-state index contributed by atoms with van der Waals surface area (Å²) < 4.78 is 0. The van der Waals surface area contributed by atoms with Crippen LogP contribution in [0.1, 0.15) is 24.0 Å². The molecule has 1 heterocycles. The van der Waals surface area contributed by atoms with E-state index < -0.39 is 0 Å². The number of benzene rings is 2. The van der Waals surface area contributed by atoms with Gasteiger partial charge >= 0.3 is 6.03 Å². The molecule has 2 N–H and O–H groups in total. The number of piperidine rings is 1. The third kappa shape index (κ3) is 6.01. The van der Waals surface area contributed by atoms with Crippen molar-refractivity contribution >= 4 is 23.5 Å². The minimum Gasteiger partial charge on any atom is -0.338 e. The molecule has 1 aliphatic heterocycles. The van der Waals surface area contributed by atoms with Crippen molar-refractivity contribution in [3.05, 3.63) is 59.7 Å². The molecule has 5 heteroatoms. The Morgan fingerprint density at radius 3 is 2.67 bits per heavy atom. The molecule has 1 fully saturated rings. The zero-order valence-corrected chi connectivity index (χ0v) is 17.0. The summed E-state index contributed by atoms with van der Waals surface area (Å²) in [6.07, 6.45) is 4.40. The van der Waals surface area contributed by atoms with Gasteiger partial charge in [-0.3, -0.25) is 4.90 Å². The lowest BCUT2D eigenvalue weighted by Gasteiger charge is -2.32. The first kappa shape index (κ1) is 19.8. The highest BCUT2D eigenvalue weighted by Gasteiger charge is 2.20. The Kier molecular flexibility index (Phi) is 7.18. The van der Waals surface area contributed by atoms with Gasteiger partial charge in [-0.25, -0.2) is 4.79 Å². The van der Waals surface area contributed by atoms with E-state index in [1.54, 1.807) is 0 Å². The van der Waals surface area contributed by atoms with Crippen LogP contribution in [0, 0.1) is 12.8 Å². The average molecular weight is 384 g/mol. The Balaban J connectivity index is 1.40. The standard InChI is InChI=1S/C22H29N3OS/c1-17-6-5-8-20(14-17)24-22(26)23-15-18-10-12-25(13-11-18)16-19-7-3-4-9-21(19)27-2/h3-9,14,18H,10-13,15-16H2,1-2H3,(H2,23,24,26). The van der Waals surface area contributed by atoms with E-state index >= 15 is 0 Å². The van der Waals surface area contributed by atoms with Crippen LogP contribution >= 0.6 is 11.8 Å². The highest BCUT2D eigenvalue weighted by molar-refractivity contribution is 7.98. The summed E-state index contributed by atoms with van der Waals surface area (Å²) in [7, 11) is 0. The maximum absolute atomic E-state index is 12.1. The van der Waals surface area contributed by atoms with Gasteiger partial charge in [0.1, 0.15) is 0 Å². The van der Waals surface area contributed by atoms with Crippen molar-refractivity contribution in [1.29, 1.82) is 0 Å². The molecule has 0 atom stereocenters. The van der Waals surface area contributed by atoms with E-state index in [-0.39, 0.29) is 6.03 Å². The number of nitrogens with one attached hydrogen (secondary N) is 2. The van der Waals surface area contributed by atoms with Gasteiger partial charge in [0.15, 0.2) is 0 Å². The van der Waals surface area contributed by atoms with Crippen LogP contribution in [0.3, 0.4) is 0 Å². The Hall–Kier alpha value is -1.98. The summed E-state index contributed by atoms with van der Waals surface area (Å²) in [6.45, 7) is 5.97. The van der Waals surface area contributed by atoms with Crippen molar-refractivity contribution in [3.8, 4) is 0 Å². The smallest absolute Gasteiger partial charge is 0.319 e. The maximum atomic E-state index is 12.1. The van der Waals surface area contributed by atoms with Gasteiger partial charge in [0.05, 0.1) is 0 Å². The minimum atomic E-state index is -0.114. The fourth-order valence-electron chi connectivity index (χ4n) is 3.56. The van der Waals surface area contributed by atoms with Gasteiger partial charge in [-0.2, -0.15) is 0 Å². The fraction of sp³-hybridized carbons (Fsp3) is 0.409. The number of thioether (sulfide) groups is 1. The highest BCUT2D eigenvalue weighted by Crippen LogP contribution is 2.24. The van der Waals surface area contributed by atoms with Crippen LogP contribution in [0.25, 0.3) is 0 Å². The second-order valence-electron chi connectivity index (χ2n) is 7.24. The molecule has 0 saturated carbocycles. The van der Waals surface area contributed by atoms with Crippen molar-refractivity contribution in [2.75, 3.05) is 31.2 Å². The van der Waals surface area contributed by atoms with Crippen LogP contribution in [0.2, 0.25) is 0 Å². The quantitative estimate of drug-likeness (QED) is 0.708. The lowest BCUT2D eigenvalue weighted by Crippen LogP contribution is -2.39. The Morgan fingerprint density at radius 1 is 1.15 bits per heavy atom. The molecular weight excluding hydrogens is 354 g/mol. The number of anilines is 1. The van der Waals surface area contributed by atoms with Crippen molar-refractivity contribution < 1.29 is 4.79 Å². The van der Waals surface area contributed by atoms with Gasteiger partial charge in [-0.1, -0.05) is 30.3 Å². The number of amides is 2. The number of carbonyl (C=O) groups excluding carboxylic acids is 1. The van der Waals surface area contributed by atoms with Crippen molar-refractivity contribution in [1.82, 2.24) is 10.2 Å². The molecule has 144 valence electrons. The first-order valence-corrected chi connectivity index (χ1v) is 10.8. The topological polar surface area (TPSA) is 44.4 Å². The van der Waals surface area contributed by atoms with Gasteiger partial charge in [-0.15, -0.1) is 11.8 Å². The Morgan fingerprint density at radius 2 is 1.93 bits per heavy atom. The molecule has 0 unspecified atom stereocenters. The van der Waals surface area contributed by atoms with Gasteiger partial charge in [-0.05, 0) is 74.4 Å². The summed E-state index contributed by atoms with van der Waals surface area (Å²) in [6, 6.07) is 16.4. The number of aryl methyl sites for hydroxylation is 1. The first-order valence-electron chi connectivity index (χ1n) is 9.60. The summed E-state index contributed by atoms with van der Waals surface area (Å²) in [4.78, 5) is 16.0. The third-order valence-electron chi connectivity index (χ3n) is 5.12. The summed E-state index contributed by atoms with van der Waals surface area (Å²) >= 11 is 1.82. The van der Waals surface area contributed by atoms with Crippen LogP contribution < -0.4 is 10.6 Å². The predicted octanol–water partition coefficient (Wildman–Crippen LogP) is 4.75. The number of hydrogen-bond acceptors (Lipinski definition) is 3. The van der Waals surface area contributed by atoms with E-state index in [2.05, 4.69) is 46.1 Å².